The monoisotopic (exact) mass is 1090 g/mol. The van der Waals surface area contributed by atoms with E-state index in [-0.39, 0.29) is 50.5 Å². The van der Waals surface area contributed by atoms with Crippen molar-refractivity contribution in [1.82, 2.24) is 0 Å². The fourth-order valence-electron chi connectivity index (χ4n) is 8.30. The smallest absolute Gasteiger partial charge is 0 e. The van der Waals surface area contributed by atoms with Crippen molar-refractivity contribution in [1.29, 1.82) is 0 Å². The Balaban J connectivity index is 0.000000317. The van der Waals surface area contributed by atoms with Crippen molar-refractivity contribution in [3.63, 3.8) is 0 Å². The molecular formula is C62H40O6Rh2. The average molecular weight is 1090 g/mol. The Kier molecular flexibility index (Phi) is 24.2. The van der Waals surface area contributed by atoms with E-state index in [1.54, 1.807) is 0 Å². The molecule has 6 nitrogen and oxygen atoms in total. The van der Waals surface area contributed by atoms with E-state index < -0.39 is 0 Å². The second-order valence-corrected chi connectivity index (χ2v) is 14.6. The quantitative estimate of drug-likeness (QED) is 0.0857. The van der Waals surface area contributed by atoms with Gasteiger partial charge >= 0.3 is 45.2 Å². The minimum atomic E-state index is 0. The van der Waals surface area contributed by atoms with Crippen LogP contribution in [0, 0.1) is 26.6 Å². The molecule has 0 fully saturated rings. The van der Waals surface area contributed by atoms with Crippen LogP contribution in [0.5, 0.6) is 0 Å². The first-order valence-electron chi connectivity index (χ1n) is 21.0. The van der Waals surface area contributed by atoms with Gasteiger partial charge in [0, 0.05) is 83.5 Å². The molecule has 0 saturated heterocycles. The van der Waals surface area contributed by atoms with Gasteiger partial charge in [-0.3, -0.25) is 9.59 Å². The fraction of sp³-hybridized carbons (Fsp3) is 0. The molecule has 8 aromatic carbocycles. The van der Waals surface area contributed by atoms with E-state index in [2.05, 4.69) is 75.1 Å². The second-order valence-electron chi connectivity index (χ2n) is 14.6. The van der Waals surface area contributed by atoms with Crippen LogP contribution in [-0.4, -0.2) is 11.6 Å². The third kappa shape index (κ3) is 12.9. The maximum atomic E-state index is 14.0. The Morgan fingerprint density at radius 2 is 0.286 bits per heavy atom. The Morgan fingerprint density at radius 1 is 0.186 bits per heavy atom. The minimum absolute atomic E-state index is 0. The number of hydrogen-bond donors (Lipinski definition) is 0. The van der Waals surface area contributed by atoms with Crippen molar-refractivity contribution in [3.8, 4) is 0 Å². The SMILES string of the molecule is O=C1C(c2ccccc2)=C(c2ccccc2)C(c2ccccc2)=C1c1ccccc1.O=C1C(c2ccccc2)=C(c2ccccc2)C(c2ccccc2)=C1c1ccccc1.[C-]#[O+].[C-]#[O+].[C-]#[O+].[C-]#[O+].[Rh].[Rh]. The van der Waals surface area contributed by atoms with E-state index in [1.807, 2.05) is 194 Å². The number of hydrogen-bond acceptors (Lipinski definition) is 2. The van der Waals surface area contributed by atoms with Gasteiger partial charge in [-0.25, -0.2) is 0 Å². The Bertz CT molecular complexity index is 2710. The number of allylic oxidation sites excluding steroid dienone is 8. The molecule has 8 aromatic rings. The van der Waals surface area contributed by atoms with Crippen molar-refractivity contribution in [2.45, 2.75) is 0 Å². The van der Waals surface area contributed by atoms with Crippen LogP contribution in [0.4, 0.5) is 0 Å². The van der Waals surface area contributed by atoms with Gasteiger partial charge in [0.05, 0.1) is 0 Å². The zero-order valence-corrected chi connectivity index (χ0v) is 40.5. The van der Waals surface area contributed by atoms with Crippen LogP contribution >= 0.6 is 0 Å². The summed E-state index contributed by atoms with van der Waals surface area (Å²) < 4.78 is 30.0. The molecule has 0 spiro atoms. The first kappa shape index (κ1) is 56.6. The van der Waals surface area contributed by atoms with Crippen molar-refractivity contribution in [2.75, 3.05) is 0 Å². The first-order chi connectivity index (χ1) is 33.7. The molecule has 70 heavy (non-hydrogen) atoms. The maximum Gasteiger partial charge on any atom is 0 e. The molecule has 342 valence electrons. The minimum Gasteiger partial charge on any atom is 0 e. The molecule has 2 aliphatic rings. The number of ketones is 2. The summed E-state index contributed by atoms with van der Waals surface area (Å²) in [5.74, 6) is 0.148. The van der Waals surface area contributed by atoms with E-state index in [0.29, 0.717) is 0 Å². The van der Waals surface area contributed by atoms with Crippen LogP contribution in [0.3, 0.4) is 0 Å². The summed E-state index contributed by atoms with van der Waals surface area (Å²) in [4.78, 5) is 27.9. The van der Waals surface area contributed by atoms with Crippen molar-refractivity contribution in [3.05, 3.63) is 314 Å². The van der Waals surface area contributed by atoms with Gasteiger partial charge in [0.2, 0.25) is 0 Å². The zero-order valence-electron chi connectivity index (χ0n) is 37.2. The molecule has 0 amide bonds. The number of carbonyl (C=O) groups excluding carboxylic acids is 2. The predicted octanol–water partition coefficient (Wildman–Crippen LogP) is 13.4. The Labute approximate surface area is 434 Å². The Hall–Kier alpha value is -7.73. The van der Waals surface area contributed by atoms with Gasteiger partial charge < -0.3 is 0 Å². The van der Waals surface area contributed by atoms with E-state index in [0.717, 1.165) is 89.1 Å². The first-order valence-corrected chi connectivity index (χ1v) is 21.0. The molecule has 0 aromatic heterocycles. The van der Waals surface area contributed by atoms with Crippen LogP contribution in [0.15, 0.2) is 243 Å². The van der Waals surface area contributed by atoms with Crippen LogP contribution in [0.25, 0.3) is 44.6 Å². The average Bonchev–Trinajstić information content (AvgIpc) is 3.93. The molecule has 0 aliphatic heterocycles. The van der Waals surface area contributed by atoms with E-state index >= 15 is 0 Å². The molecule has 0 unspecified atom stereocenters. The topological polar surface area (TPSA) is 114 Å². The summed E-state index contributed by atoms with van der Waals surface area (Å²) in [6.07, 6.45) is 0. The van der Waals surface area contributed by atoms with Crippen molar-refractivity contribution in [2.24, 2.45) is 0 Å². The summed E-state index contributed by atoms with van der Waals surface area (Å²) in [5.41, 5.74) is 15.0. The molecule has 0 saturated carbocycles. The third-order valence-electron chi connectivity index (χ3n) is 10.9. The second kappa shape index (κ2) is 29.9. The zero-order chi connectivity index (χ0) is 48.7. The fourth-order valence-corrected chi connectivity index (χ4v) is 8.30. The van der Waals surface area contributed by atoms with Gasteiger partial charge in [-0.2, -0.15) is 0 Å². The Morgan fingerprint density at radius 3 is 0.400 bits per heavy atom. The molecule has 2 radical (unpaired) electrons. The molecule has 0 N–H and O–H groups in total. The van der Waals surface area contributed by atoms with Crippen LogP contribution in [-0.2, 0) is 67.2 Å². The largest absolute Gasteiger partial charge is 0 e. The summed E-state index contributed by atoms with van der Waals surface area (Å²) >= 11 is 0. The third-order valence-corrected chi connectivity index (χ3v) is 10.9. The van der Waals surface area contributed by atoms with Crippen LogP contribution < -0.4 is 0 Å². The number of carbonyl (C=O) groups is 2. The van der Waals surface area contributed by atoms with Gasteiger partial charge in [-0.05, 0) is 44.5 Å². The van der Waals surface area contributed by atoms with E-state index in [9.17, 15) is 9.59 Å². The molecule has 0 heterocycles. The molecule has 10 rings (SSSR count). The molecule has 0 atom stereocenters. The molecule has 8 heteroatoms. The predicted molar refractivity (Wildman–Crippen MR) is 265 cm³/mol. The van der Waals surface area contributed by atoms with E-state index in [4.69, 9.17) is 18.6 Å². The standard InChI is InChI=1S/2C29H20O.4CO.2Rh/c2*30-29-27(23-17-9-3-10-18-23)25(21-13-5-1-6-14-21)26(22-15-7-2-8-16-22)28(29)24-19-11-4-12-20-24;4*1-2;;/h2*1-20H;;;;;;. The van der Waals surface area contributed by atoms with E-state index in [1.165, 1.54) is 0 Å². The number of benzene rings is 8. The van der Waals surface area contributed by atoms with Gasteiger partial charge in [-0.15, -0.1) is 0 Å². The summed E-state index contributed by atoms with van der Waals surface area (Å²) in [6.45, 7) is 18.0. The van der Waals surface area contributed by atoms with Crippen molar-refractivity contribution < 1.29 is 67.2 Å². The summed E-state index contributed by atoms with van der Waals surface area (Å²) in [7, 11) is 0. The van der Waals surface area contributed by atoms with Crippen molar-refractivity contribution >= 4 is 56.2 Å². The van der Waals surface area contributed by atoms with Gasteiger partial charge in [0.1, 0.15) is 0 Å². The number of Topliss-reactive ketones (excluding diaryl/α,β-unsaturated/α-hetero) is 2. The normalized spacial score (nSPS) is 11.9. The number of rotatable bonds is 8. The van der Waals surface area contributed by atoms with Gasteiger partial charge in [0.25, 0.3) is 0 Å². The summed E-state index contributed by atoms with van der Waals surface area (Å²) in [5, 5.41) is 0. The van der Waals surface area contributed by atoms with Crippen LogP contribution in [0.1, 0.15) is 44.5 Å². The maximum absolute atomic E-state index is 14.0. The summed E-state index contributed by atoms with van der Waals surface area (Å²) in [6, 6.07) is 80.9. The van der Waals surface area contributed by atoms with Gasteiger partial charge in [0.15, 0.2) is 11.6 Å². The van der Waals surface area contributed by atoms with Crippen LogP contribution in [0.2, 0.25) is 0 Å². The van der Waals surface area contributed by atoms with Gasteiger partial charge in [-0.1, -0.05) is 243 Å². The molecular weight excluding hydrogens is 1050 g/mol. The molecule has 0 bridgehead atoms. The molecule has 2 aliphatic carbocycles.